The summed E-state index contributed by atoms with van der Waals surface area (Å²) in [6, 6.07) is 8.15. The lowest BCUT2D eigenvalue weighted by molar-refractivity contribution is 0.0823. The van der Waals surface area contributed by atoms with E-state index >= 15 is 0 Å². The summed E-state index contributed by atoms with van der Waals surface area (Å²) in [6.07, 6.45) is 4.33. The SMILES string of the molecule is CC(NC(=O)N1CCCC(c2nc3ccccc3[nH]2)C1)C1CCCO1. The third kappa shape index (κ3) is 3.49. The molecule has 1 aromatic carbocycles. The number of hydrogen-bond donors (Lipinski definition) is 2. The Balaban J connectivity index is 1.40. The first-order chi connectivity index (χ1) is 12.2. The molecule has 2 fully saturated rings. The van der Waals surface area contributed by atoms with Gasteiger partial charge in [0.25, 0.3) is 0 Å². The highest BCUT2D eigenvalue weighted by Gasteiger charge is 2.29. The van der Waals surface area contributed by atoms with Gasteiger partial charge in [-0.2, -0.15) is 0 Å². The molecule has 2 saturated heterocycles. The highest BCUT2D eigenvalue weighted by atomic mass is 16.5. The number of imidazole rings is 1. The number of nitrogens with zero attached hydrogens (tertiary/aromatic N) is 2. The molecule has 2 amide bonds. The average molecular weight is 342 g/mol. The lowest BCUT2D eigenvalue weighted by atomic mass is 9.97. The van der Waals surface area contributed by atoms with Crippen LogP contribution in [-0.2, 0) is 4.74 Å². The van der Waals surface area contributed by atoms with Gasteiger partial charge in [0.15, 0.2) is 0 Å². The van der Waals surface area contributed by atoms with Crippen molar-refractivity contribution in [3.8, 4) is 0 Å². The van der Waals surface area contributed by atoms with Crippen molar-refractivity contribution in [3.63, 3.8) is 0 Å². The van der Waals surface area contributed by atoms with E-state index < -0.39 is 0 Å². The van der Waals surface area contributed by atoms with Gasteiger partial charge in [-0.05, 0) is 44.7 Å². The second-order valence-electron chi connectivity index (χ2n) is 7.21. The Hall–Kier alpha value is -2.08. The minimum atomic E-state index is 0.0174. The molecule has 1 aromatic heterocycles. The fourth-order valence-corrected chi connectivity index (χ4v) is 3.93. The smallest absolute Gasteiger partial charge is 0.317 e. The number of aromatic amines is 1. The summed E-state index contributed by atoms with van der Waals surface area (Å²) in [7, 11) is 0. The summed E-state index contributed by atoms with van der Waals surface area (Å²) in [5, 5.41) is 3.12. The van der Waals surface area contributed by atoms with Gasteiger partial charge < -0.3 is 19.9 Å². The Morgan fingerprint density at radius 2 is 2.24 bits per heavy atom. The van der Waals surface area contributed by atoms with Gasteiger partial charge in [-0.1, -0.05) is 12.1 Å². The van der Waals surface area contributed by atoms with Crippen LogP contribution in [0.2, 0.25) is 0 Å². The number of piperidine rings is 1. The van der Waals surface area contributed by atoms with Crippen LogP contribution in [0.3, 0.4) is 0 Å². The zero-order valence-corrected chi connectivity index (χ0v) is 14.7. The summed E-state index contributed by atoms with van der Waals surface area (Å²) in [4.78, 5) is 22.7. The van der Waals surface area contributed by atoms with Gasteiger partial charge in [0.1, 0.15) is 5.82 Å². The number of hydrogen-bond acceptors (Lipinski definition) is 3. The van der Waals surface area contributed by atoms with E-state index in [9.17, 15) is 4.79 Å². The van der Waals surface area contributed by atoms with Crippen LogP contribution in [0, 0.1) is 0 Å². The number of H-pyrrole nitrogens is 1. The second-order valence-corrected chi connectivity index (χ2v) is 7.21. The van der Waals surface area contributed by atoms with Crippen LogP contribution in [0.4, 0.5) is 4.79 Å². The lowest BCUT2D eigenvalue weighted by Gasteiger charge is -2.33. The Kier molecular flexibility index (Phi) is 4.61. The van der Waals surface area contributed by atoms with Gasteiger partial charge in [-0.15, -0.1) is 0 Å². The number of aromatic nitrogens is 2. The van der Waals surface area contributed by atoms with Crippen molar-refractivity contribution in [2.75, 3.05) is 19.7 Å². The van der Waals surface area contributed by atoms with Crippen molar-refractivity contribution in [3.05, 3.63) is 30.1 Å². The molecule has 2 aliphatic heterocycles. The molecule has 6 nitrogen and oxygen atoms in total. The average Bonchev–Trinajstić information content (AvgIpc) is 3.31. The Morgan fingerprint density at radius 3 is 3.04 bits per heavy atom. The molecule has 3 unspecified atom stereocenters. The van der Waals surface area contributed by atoms with E-state index in [1.165, 1.54) is 0 Å². The van der Waals surface area contributed by atoms with Crippen LogP contribution in [0.25, 0.3) is 11.0 Å². The molecule has 2 N–H and O–H groups in total. The maximum absolute atomic E-state index is 12.6. The van der Waals surface area contributed by atoms with E-state index in [4.69, 9.17) is 9.72 Å². The maximum atomic E-state index is 12.6. The van der Waals surface area contributed by atoms with E-state index in [1.807, 2.05) is 36.1 Å². The second kappa shape index (κ2) is 7.04. The monoisotopic (exact) mass is 342 g/mol. The fourth-order valence-electron chi connectivity index (χ4n) is 3.93. The lowest BCUT2D eigenvalue weighted by Crippen LogP contribution is -2.50. The first kappa shape index (κ1) is 16.4. The molecule has 6 heteroatoms. The summed E-state index contributed by atoms with van der Waals surface area (Å²) < 4.78 is 5.68. The molecule has 2 aromatic rings. The third-order valence-corrected chi connectivity index (χ3v) is 5.38. The van der Waals surface area contributed by atoms with E-state index in [2.05, 4.69) is 10.3 Å². The van der Waals surface area contributed by atoms with Gasteiger partial charge >= 0.3 is 6.03 Å². The summed E-state index contributed by atoms with van der Waals surface area (Å²) in [5.74, 6) is 1.26. The molecule has 3 atom stereocenters. The van der Waals surface area contributed by atoms with Crippen molar-refractivity contribution in [1.29, 1.82) is 0 Å². The van der Waals surface area contributed by atoms with Gasteiger partial charge in [0, 0.05) is 25.6 Å². The number of carbonyl (C=O) groups is 1. The number of para-hydroxylation sites is 2. The van der Waals surface area contributed by atoms with Crippen molar-refractivity contribution in [1.82, 2.24) is 20.2 Å². The van der Waals surface area contributed by atoms with Crippen molar-refractivity contribution < 1.29 is 9.53 Å². The number of urea groups is 1. The molecule has 134 valence electrons. The van der Waals surface area contributed by atoms with Crippen LogP contribution < -0.4 is 5.32 Å². The normalized spacial score (nSPS) is 25.2. The highest BCUT2D eigenvalue weighted by molar-refractivity contribution is 5.76. The van der Waals surface area contributed by atoms with Gasteiger partial charge in [-0.3, -0.25) is 0 Å². The topological polar surface area (TPSA) is 70.2 Å². The third-order valence-electron chi connectivity index (χ3n) is 5.38. The predicted octanol–water partition coefficient (Wildman–Crippen LogP) is 3.02. The van der Waals surface area contributed by atoms with Crippen LogP contribution in [0.15, 0.2) is 24.3 Å². The molecule has 4 rings (SSSR count). The van der Waals surface area contributed by atoms with E-state index in [0.717, 1.165) is 55.7 Å². The van der Waals surface area contributed by atoms with Gasteiger partial charge in [0.2, 0.25) is 0 Å². The Labute approximate surface area is 147 Å². The molecular weight excluding hydrogens is 316 g/mol. The van der Waals surface area contributed by atoms with Gasteiger partial charge in [0.05, 0.1) is 23.2 Å². The zero-order chi connectivity index (χ0) is 17.2. The molecular formula is C19H26N4O2. The molecule has 0 radical (unpaired) electrons. The van der Waals surface area contributed by atoms with E-state index in [-0.39, 0.29) is 24.1 Å². The quantitative estimate of drug-likeness (QED) is 0.901. The minimum absolute atomic E-state index is 0.0174. The van der Waals surface area contributed by atoms with Crippen LogP contribution in [0.1, 0.15) is 44.3 Å². The number of fused-ring (bicyclic) bond motifs is 1. The van der Waals surface area contributed by atoms with Crippen molar-refractivity contribution in [2.24, 2.45) is 0 Å². The molecule has 25 heavy (non-hydrogen) atoms. The van der Waals surface area contributed by atoms with Gasteiger partial charge in [-0.25, -0.2) is 9.78 Å². The molecule has 0 bridgehead atoms. The molecule has 0 saturated carbocycles. The van der Waals surface area contributed by atoms with Crippen LogP contribution >= 0.6 is 0 Å². The van der Waals surface area contributed by atoms with Crippen LogP contribution in [-0.4, -0.2) is 52.7 Å². The van der Waals surface area contributed by atoms with E-state index in [0.29, 0.717) is 6.54 Å². The Morgan fingerprint density at radius 1 is 1.36 bits per heavy atom. The number of amides is 2. The number of carbonyl (C=O) groups excluding carboxylic acids is 1. The number of likely N-dealkylation sites (tertiary alicyclic amines) is 1. The number of rotatable bonds is 3. The maximum Gasteiger partial charge on any atom is 0.317 e. The first-order valence-corrected chi connectivity index (χ1v) is 9.32. The zero-order valence-electron chi connectivity index (χ0n) is 14.7. The molecule has 0 spiro atoms. The summed E-state index contributed by atoms with van der Waals surface area (Å²) >= 11 is 0. The van der Waals surface area contributed by atoms with Crippen LogP contribution in [0.5, 0.6) is 0 Å². The number of nitrogens with one attached hydrogen (secondary N) is 2. The first-order valence-electron chi connectivity index (χ1n) is 9.32. The minimum Gasteiger partial charge on any atom is -0.376 e. The number of ether oxygens (including phenoxy) is 1. The van der Waals surface area contributed by atoms with E-state index in [1.54, 1.807) is 0 Å². The molecule has 3 heterocycles. The molecule has 2 aliphatic rings. The predicted molar refractivity (Wildman–Crippen MR) is 96.6 cm³/mol. The molecule has 0 aliphatic carbocycles. The highest BCUT2D eigenvalue weighted by Crippen LogP contribution is 2.27. The summed E-state index contributed by atoms with van der Waals surface area (Å²) in [5.41, 5.74) is 2.05. The number of benzene rings is 1. The largest absolute Gasteiger partial charge is 0.376 e. The Bertz CT molecular complexity index is 705. The summed E-state index contributed by atoms with van der Waals surface area (Å²) in [6.45, 7) is 4.36. The van der Waals surface area contributed by atoms with Crippen molar-refractivity contribution >= 4 is 17.1 Å². The standard InChI is InChI=1S/C19H26N4O2/c1-13(17-9-5-11-25-17)20-19(24)23-10-4-6-14(12-23)18-21-15-7-2-3-8-16(15)22-18/h2-3,7-8,13-14,17H,4-6,9-12H2,1H3,(H,20,24)(H,21,22). The fraction of sp³-hybridized carbons (Fsp3) is 0.579. The van der Waals surface area contributed by atoms with Crippen molar-refractivity contribution in [2.45, 2.75) is 50.7 Å².